The average Bonchev–Trinajstić information content (AvgIpc) is 2.30. The third-order valence-electron chi connectivity index (χ3n) is 2.61. The van der Waals surface area contributed by atoms with Crippen LogP contribution in [-0.2, 0) is 10.0 Å². The lowest BCUT2D eigenvalue weighted by atomic mass is 10.2. The first-order chi connectivity index (χ1) is 8.04. The standard InChI is InChI=1S/C12H18BrNO2S/c1-3-14(10-6-9-13)17(15,16)12-8-5-4-7-11(12)2/h4-5,7-8H,3,6,9-10H2,1-2H3. The Labute approximate surface area is 112 Å². The Bertz CT molecular complexity index is 459. The molecular weight excluding hydrogens is 302 g/mol. The van der Waals surface area contributed by atoms with Crippen LogP contribution in [0.25, 0.3) is 0 Å². The maximum atomic E-state index is 12.4. The van der Waals surface area contributed by atoms with E-state index in [4.69, 9.17) is 0 Å². The second kappa shape index (κ2) is 6.52. The van der Waals surface area contributed by atoms with E-state index in [0.717, 1.165) is 17.3 Å². The molecule has 0 aliphatic rings. The minimum Gasteiger partial charge on any atom is -0.207 e. The van der Waals surface area contributed by atoms with Crippen LogP contribution in [0.3, 0.4) is 0 Å². The maximum Gasteiger partial charge on any atom is 0.243 e. The largest absolute Gasteiger partial charge is 0.243 e. The van der Waals surface area contributed by atoms with Gasteiger partial charge in [0.05, 0.1) is 4.90 Å². The molecule has 17 heavy (non-hydrogen) atoms. The first kappa shape index (κ1) is 14.7. The van der Waals surface area contributed by atoms with Crippen molar-refractivity contribution in [2.24, 2.45) is 0 Å². The van der Waals surface area contributed by atoms with Gasteiger partial charge in [-0.15, -0.1) is 0 Å². The number of halogens is 1. The summed E-state index contributed by atoms with van der Waals surface area (Å²) in [5, 5.41) is 0.812. The number of nitrogens with zero attached hydrogens (tertiary/aromatic N) is 1. The number of benzene rings is 1. The fourth-order valence-corrected chi connectivity index (χ4v) is 3.63. The molecule has 0 saturated carbocycles. The summed E-state index contributed by atoms with van der Waals surface area (Å²) < 4.78 is 26.3. The van der Waals surface area contributed by atoms with E-state index in [1.165, 1.54) is 4.31 Å². The molecule has 1 aromatic rings. The molecule has 96 valence electrons. The molecule has 1 rings (SSSR count). The zero-order valence-corrected chi connectivity index (χ0v) is 12.6. The highest BCUT2D eigenvalue weighted by molar-refractivity contribution is 9.09. The molecule has 0 fully saturated rings. The van der Waals surface area contributed by atoms with Gasteiger partial charge < -0.3 is 0 Å². The van der Waals surface area contributed by atoms with Crippen LogP contribution in [0.15, 0.2) is 29.2 Å². The van der Waals surface area contributed by atoms with E-state index in [-0.39, 0.29) is 0 Å². The summed E-state index contributed by atoms with van der Waals surface area (Å²) in [6.45, 7) is 4.75. The van der Waals surface area contributed by atoms with Crippen LogP contribution >= 0.6 is 15.9 Å². The zero-order chi connectivity index (χ0) is 12.9. The molecular formula is C12H18BrNO2S. The SMILES string of the molecule is CCN(CCCBr)S(=O)(=O)c1ccccc1C. The van der Waals surface area contributed by atoms with E-state index < -0.39 is 10.0 Å². The van der Waals surface area contributed by atoms with Gasteiger partial charge >= 0.3 is 0 Å². The molecule has 0 saturated heterocycles. The van der Waals surface area contributed by atoms with Gasteiger partial charge in [0, 0.05) is 18.4 Å². The Morgan fingerprint density at radius 1 is 1.29 bits per heavy atom. The van der Waals surface area contributed by atoms with Gasteiger partial charge in [-0.1, -0.05) is 41.1 Å². The summed E-state index contributed by atoms with van der Waals surface area (Å²) >= 11 is 3.32. The van der Waals surface area contributed by atoms with E-state index in [1.54, 1.807) is 12.1 Å². The van der Waals surface area contributed by atoms with E-state index >= 15 is 0 Å². The molecule has 0 N–H and O–H groups in total. The molecule has 0 bridgehead atoms. The summed E-state index contributed by atoms with van der Waals surface area (Å²) in [6.07, 6.45) is 0.818. The predicted octanol–water partition coefficient (Wildman–Crippen LogP) is 2.79. The monoisotopic (exact) mass is 319 g/mol. The molecule has 3 nitrogen and oxygen atoms in total. The first-order valence-corrected chi connectivity index (χ1v) is 8.22. The van der Waals surface area contributed by atoms with Crippen molar-refractivity contribution in [3.63, 3.8) is 0 Å². The van der Waals surface area contributed by atoms with Gasteiger partial charge in [-0.3, -0.25) is 0 Å². The molecule has 0 heterocycles. The molecule has 0 spiro atoms. The molecule has 0 aliphatic heterocycles. The molecule has 0 unspecified atom stereocenters. The minimum atomic E-state index is -3.34. The van der Waals surface area contributed by atoms with Crippen molar-refractivity contribution in [1.29, 1.82) is 0 Å². The van der Waals surface area contributed by atoms with Crippen LogP contribution in [0.5, 0.6) is 0 Å². The van der Waals surface area contributed by atoms with Crippen LogP contribution in [0.1, 0.15) is 18.9 Å². The number of rotatable bonds is 6. The normalized spacial score (nSPS) is 12.0. The predicted molar refractivity (Wildman–Crippen MR) is 74.0 cm³/mol. The van der Waals surface area contributed by atoms with Crippen molar-refractivity contribution in [1.82, 2.24) is 4.31 Å². The number of hydrogen-bond donors (Lipinski definition) is 0. The van der Waals surface area contributed by atoms with Crippen LogP contribution in [-0.4, -0.2) is 31.1 Å². The third kappa shape index (κ3) is 3.53. The second-order valence-electron chi connectivity index (χ2n) is 3.80. The minimum absolute atomic E-state index is 0.413. The summed E-state index contributed by atoms with van der Waals surface area (Å²) in [6, 6.07) is 7.11. The van der Waals surface area contributed by atoms with Gasteiger partial charge in [0.15, 0.2) is 0 Å². The summed E-state index contributed by atoms with van der Waals surface area (Å²) in [5.74, 6) is 0. The lowest BCUT2D eigenvalue weighted by molar-refractivity contribution is 0.428. The highest BCUT2D eigenvalue weighted by Crippen LogP contribution is 2.19. The first-order valence-electron chi connectivity index (χ1n) is 5.65. The fraction of sp³-hybridized carbons (Fsp3) is 0.500. The van der Waals surface area contributed by atoms with Gasteiger partial charge in [-0.05, 0) is 25.0 Å². The Morgan fingerprint density at radius 2 is 1.94 bits per heavy atom. The van der Waals surface area contributed by atoms with Crippen molar-refractivity contribution >= 4 is 26.0 Å². The van der Waals surface area contributed by atoms with Crippen molar-refractivity contribution in [3.8, 4) is 0 Å². The Morgan fingerprint density at radius 3 is 2.47 bits per heavy atom. The molecule has 0 aliphatic carbocycles. The van der Waals surface area contributed by atoms with E-state index in [9.17, 15) is 8.42 Å². The molecule has 1 aromatic carbocycles. The third-order valence-corrected chi connectivity index (χ3v) is 5.30. The molecule has 0 aromatic heterocycles. The quantitative estimate of drug-likeness (QED) is 0.756. The van der Waals surface area contributed by atoms with Crippen molar-refractivity contribution in [2.45, 2.75) is 25.2 Å². The molecule has 0 atom stereocenters. The molecule has 5 heteroatoms. The fourth-order valence-electron chi connectivity index (χ4n) is 1.67. The number of alkyl halides is 1. The Balaban J connectivity index is 3.05. The van der Waals surface area contributed by atoms with Crippen molar-refractivity contribution < 1.29 is 8.42 Å². The lowest BCUT2D eigenvalue weighted by Gasteiger charge is -2.21. The highest BCUT2D eigenvalue weighted by atomic mass is 79.9. The average molecular weight is 320 g/mol. The number of hydrogen-bond acceptors (Lipinski definition) is 2. The maximum absolute atomic E-state index is 12.4. The van der Waals surface area contributed by atoms with Gasteiger partial charge in [-0.25, -0.2) is 8.42 Å². The number of aryl methyl sites for hydroxylation is 1. The zero-order valence-electron chi connectivity index (χ0n) is 10.2. The van der Waals surface area contributed by atoms with Gasteiger partial charge in [0.2, 0.25) is 10.0 Å². The van der Waals surface area contributed by atoms with Gasteiger partial charge in [0.1, 0.15) is 0 Å². The van der Waals surface area contributed by atoms with Crippen LogP contribution in [0.2, 0.25) is 0 Å². The lowest BCUT2D eigenvalue weighted by Crippen LogP contribution is -2.32. The second-order valence-corrected chi connectivity index (χ2v) is 6.50. The Kier molecular flexibility index (Phi) is 5.62. The van der Waals surface area contributed by atoms with Crippen LogP contribution in [0, 0.1) is 6.92 Å². The number of sulfonamides is 1. The molecule has 0 radical (unpaired) electrons. The van der Waals surface area contributed by atoms with E-state index in [1.807, 2.05) is 26.0 Å². The molecule has 0 amide bonds. The summed E-state index contributed by atoms with van der Waals surface area (Å²) in [5.41, 5.74) is 0.796. The van der Waals surface area contributed by atoms with Gasteiger partial charge in [0.25, 0.3) is 0 Å². The van der Waals surface area contributed by atoms with Crippen LogP contribution in [0.4, 0.5) is 0 Å². The summed E-state index contributed by atoms with van der Waals surface area (Å²) in [4.78, 5) is 0.413. The van der Waals surface area contributed by atoms with Crippen molar-refractivity contribution in [2.75, 3.05) is 18.4 Å². The smallest absolute Gasteiger partial charge is 0.207 e. The Hall–Kier alpha value is -0.390. The van der Waals surface area contributed by atoms with Gasteiger partial charge in [-0.2, -0.15) is 4.31 Å². The topological polar surface area (TPSA) is 37.4 Å². The van der Waals surface area contributed by atoms with E-state index in [0.29, 0.717) is 18.0 Å². The highest BCUT2D eigenvalue weighted by Gasteiger charge is 2.23. The van der Waals surface area contributed by atoms with Crippen LogP contribution < -0.4 is 0 Å². The van der Waals surface area contributed by atoms with Crippen molar-refractivity contribution in [3.05, 3.63) is 29.8 Å². The summed E-state index contributed by atoms with van der Waals surface area (Å²) in [7, 11) is -3.34. The van der Waals surface area contributed by atoms with E-state index in [2.05, 4.69) is 15.9 Å².